The fourth-order valence-electron chi connectivity index (χ4n) is 7.74. The molecule has 2 atom stereocenters. The number of likely N-dealkylation sites (N-methyl/N-ethyl adjacent to an activating group) is 1. The number of ether oxygens (including phenoxy) is 3. The minimum absolute atomic E-state index is 0.0528. The van der Waals surface area contributed by atoms with Crippen molar-refractivity contribution in [3.05, 3.63) is 12.2 Å². The van der Waals surface area contributed by atoms with E-state index in [9.17, 15) is 19.5 Å². The molecular formula is C51H98NO7+. The highest BCUT2D eigenvalue weighted by atomic mass is 16.6. The number of aliphatic carboxylic acids is 1. The minimum Gasteiger partial charge on any atom is -0.477 e. The predicted octanol–water partition coefficient (Wildman–Crippen LogP) is 14.3. The number of rotatable bonds is 46. The number of nitrogens with zero attached hydrogens (tertiary/aromatic N) is 1. The van der Waals surface area contributed by atoms with E-state index in [-0.39, 0.29) is 36.2 Å². The Balaban J connectivity index is 4.18. The van der Waals surface area contributed by atoms with Gasteiger partial charge < -0.3 is 23.8 Å². The molecule has 0 fully saturated rings. The van der Waals surface area contributed by atoms with Gasteiger partial charge in [0.05, 0.1) is 34.4 Å². The van der Waals surface area contributed by atoms with Gasteiger partial charge in [-0.15, -0.1) is 0 Å². The number of carbonyl (C=O) groups excluding carboxylic acids is 2. The summed E-state index contributed by atoms with van der Waals surface area (Å²) in [5, 5.41) is 9.64. The van der Waals surface area contributed by atoms with E-state index in [0.29, 0.717) is 19.3 Å². The quantitative estimate of drug-likeness (QED) is 0.0282. The molecule has 0 saturated carbocycles. The number of carboxylic acid groups (broad SMARTS) is 1. The van der Waals surface area contributed by atoms with E-state index in [1.165, 1.54) is 161 Å². The van der Waals surface area contributed by atoms with Gasteiger partial charge in [-0.1, -0.05) is 199 Å². The van der Waals surface area contributed by atoms with Crippen LogP contribution in [-0.2, 0) is 28.6 Å². The fourth-order valence-corrected chi connectivity index (χ4v) is 7.74. The van der Waals surface area contributed by atoms with Crippen molar-refractivity contribution in [2.45, 2.75) is 257 Å². The topological polar surface area (TPSA) is 99.1 Å². The third kappa shape index (κ3) is 41.2. The molecule has 0 spiro atoms. The van der Waals surface area contributed by atoms with Gasteiger partial charge in [0, 0.05) is 19.3 Å². The van der Waals surface area contributed by atoms with Crippen LogP contribution in [0.2, 0.25) is 0 Å². The van der Waals surface area contributed by atoms with E-state index in [1.807, 2.05) is 21.1 Å². The molecule has 0 heterocycles. The van der Waals surface area contributed by atoms with Crippen molar-refractivity contribution in [1.29, 1.82) is 0 Å². The van der Waals surface area contributed by atoms with Gasteiger partial charge in [0.15, 0.2) is 12.1 Å². The highest BCUT2D eigenvalue weighted by Crippen LogP contribution is 2.17. The summed E-state index contributed by atoms with van der Waals surface area (Å²) in [7, 11) is 5.54. The van der Waals surface area contributed by atoms with Crippen LogP contribution < -0.4 is 0 Å². The van der Waals surface area contributed by atoms with E-state index in [4.69, 9.17) is 14.2 Å². The first-order chi connectivity index (χ1) is 28.6. The van der Waals surface area contributed by atoms with Crippen LogP contribution in [0.25, 0.3) is 0 Å². The molecule has 0 aromatic carbocycles. The summed E-state index contributed by atoms with van der Waals surface area (Å²) in [5.41, 5.74) is 0. The van der Waals surface area contributed by atoms with Crippen LogP contribution in [0.15, 0.2) is 12.2 Å². The second kappa shape index (κ2) is 42.7. The van der Waals surface area contributed by atoms with Gasteiger partial charge in [0.2, 0.25) is 0 Å². The summed E-state index contributed by atoms with van der Waals surface area (Å²) >= 11 is 0. The average molecular weight is 837 g/mol. The predicted molar refractivity (Wildman–Crippen MR) is 248 cm³/mol. The molecule has 0 aliphatic carbocycles. The number of hydrogen-bond acceptors (Lipinski definition) is 6. The Hall–Kier alpha value is -1.93. The summed E-state index contributed by atoms with van der Waals surface area (Å²) in [5.74, 6) is -1.47. The number of hydrogen-bond donors (Lipinski definition) is 1. The molecule has 0 aliphatic heterocycles. The second-order valence-electron chi connectivity index (χ2n) is 18.4. The first kappa shape index (κ1) is 57.1. The molecule has 8 nitrogen and oxygen atoms in total. The molecule has 0 radical (unpaired) electrons. The van der Waals surface area contributed by atoms with E-state index >= 15 is 0 Å². The van der Waals surface area contributed by atoms with Crippen molar-refractivity contribution in [1.82, 2.24) is 0 Å². The lowest BCUT2D eigenvalue weighted by molar-refractivity contribution is -0.887. The summed E-state index contributed by atoms with van der Waals surface area (Å²) < 4.78 is 17.3. The summed E-state index contributed by atoms with van der Waals surface area (Å²) in [4.78, 5) is 37.1. The zero-order chi connectivity index (χ0) is 43.5. The molecule has 8 heteroatoms. The van der Waals surface area contributed by atoms with Gasteiger partial charge >= 0.3 is 17.9 Å². The molecule has 0 amide bonds. The Morgan fingerprint density at radius 2 is 0.847 bits per heavy atom. The van der Waals surface area contributed by atoms with Gasteiger partial charge in [-0.2, -0.15) is 0 Å². The zero-order valence-corrected chi connectivity index (χ0v) is 39.7. The lowest BCUT2D eigenvalue weighted by atomic mass is 10.0. The van der Waals surface area contributed by atoms with Gasteiger partial charge in [-0.05, 0) is 38.5 Å². The molecule has 59 heavy (non-hydrogen) atoms. The average Bonchev–Trinajstić information content (AvgIpc) is 3.19. The molecule has 0 bridgehead atoms. The summed E-state index contributed by atoms with van der Waals surface area (Å²) in [6.45, 7) is 4.75. The highest BCUT2D eigenvalue weighted by Gasteiger charge is 2.31. The van der Waals surface area contributed by atoms with Crippen LogP contribution in [0, 0.1) is 0 Å². The molecular weight excluding hydrogens is 739 g/mol. The van der Waals surface area contributed by atoms with Crippen molar-refractivity contribution in [2.75, 3.05) is 41.0 Å². The molecule has 348 valence electrons. The molecule has 0 aliphatic rings. The van der Waals surface area contributed by atoms with E-state index in [0.717, 1.165) is 51.4 Å². The minimum atomic E-state index is -0.873. The maximum atomic E-state index is 12.8. The largest absolute Gasteiger partial charge is 0.477 e. The third-order valence-corrected chi connectivity index (χ3v) is 11.7. The van der Waals surface area contributed by atoms with Crippen LogP contribution in [-0.4, -0.2) is 80.6 Å². The normalized spacial score (nSPS) is 12.9. The molecule has 0 aromatic rings. The fraction of sp³-hybridized carbons (Fsp3) is 0.902. The van der Waals surface area contributed by atoms with Crippen LogP contribution >= 0.6 is 0 Å². The molecule has 0 saturated heterocycles. The van der Waals surface area contributed by atoms with E-state index < -0.39 is 18.1 Å². The van der Waals surface area contributed by atoms with E-state index in [1.54, 1.807) is 0 Å². The molecule has 2 unspecified atom stereocenters. The Labute approximate surface area is 365 Å². The SMILES string of the molecule is CCCCCCCC/C=C/CCCCCC(=O)OCC(COCCC(C(=O)O)[N+](C)(C)C)OC(=O)CCCCCCCCCCCCCCCCCCCCCCCC. The van der Waals surface area contributed by atoms with Crippen molar-refractivity contribution in [3.8, 4) is 0 Å². The lowest BCUT2D eigenvalue weighted by Gasteiger charge is -2.31. The Morgan fingerprint density at radius 1 is 0.492 bits per heavy atom. The smallest absolute Gasteiger partial charge is 0.362 e. The Kier molecular flexibility index (Phi) is 41.3. The first-order valence-electron chi connectivity index (χ1n) is 25.2. The number of quaternary nitrogens is 1. The van der Waals surface area contributed by atoms with Gasteiger partial charge in [-0.25, -0.2) is 4.79 Å². The zero-order valence-electron chi connectivity index (χ0n) is 39.7. The summed E-state index contributed by atoms with van der Waals surface area (Å²) in [6, 6.07) is -0.612. The Bertz CT molecular complexity index is 978. The Morgan fingerprint density at radius 3 is 1.24 bits per heavy atom. The maximum absolute atomic E-state index is 12.8. The number of allylic oxidation sites excluding steroid dienone is 2. The molecule has 0 rings (SSSR count). The van der Waals surface area contributed by atoms with Gasteiger partial charge in [-0.3, -0.25) is 9.59 Å². The molecule has 1 N–H and O–H groups in total. The van der Waals surface area contributed by atoms with Gasteiger partial charge in [0.25, 0.3) is 0 Å². The highest BCUT2D eigenvalue weighted by molar-refractivity contribution is 5.72. The van der Waals surface area contributed by atoms with Crippen LogP contribution in [0.4, 0.5) is 0 Å². The standard InChI is InChI=1S/C51H97NO7/c1-6-8-10-12-14-16-18-20-21-22-23-24-25-26-27-28-30-32-34-36-38-40-42-50(54)59-47(45-57-44-43-48(51(55)56)52(3,4)5)46-58-49(53)41-39-37-35-33-31-29-19-17-15-13-11-9-7-2/h29,31,47-48H,6-28,30,32-46H2,1-5H3/p+1/b31-29+. The second-order valence-corrected chi connectivity index (χ2v) is 18.4. The van der Waals surface area contributed by atoms with Crippen LogP contribution in [0.3, 0.4) is 0 Å². The number of carbonyl (C=O) groups is 3. The summed E-state index contributed by atoms with van der Waals surface area (Å²) in [6.07, 6.45) is 46.9. The van der Waals surface area contributed by atoms with Crippen molar-refractivity contribution < 1.29 is 38.2 Å². The van der Waals surface area contributed by atoms with Crippen molar-refractivity contribution in [3.63, 3.8) is 0 Å². The van der Waals surface area contributed by atoms with Crippen LogP contribution in [0.5, 0.6) is 0 Å². The van der Waals surface area contributed by atoms with Gasteiger partial charge in [0.1, 0.15) is 6.61 Å². The molecule has 0 aromatic heterocycles. The maximum Gasteiger partial charge on any atom is 0.362 e. The third-order valence-electron chi connectivity index (χ3n) is 11.7. The van der Waals surface area contributed by atoms with Crippen molar-refractivity contribution >= 4 is 17.9 Å². The monoisotopic (exact) mass is 837 g/mol. The van der Waals surface area contributed by atoms with Crippen molar-refractivity contribution in [2.24, 2.45) is 0 Å². The first-order valence-corrected chi connectivity index (χ1v) is 25.2. The van der Waals surface area contributed by atoms with Crippen LogP contribution in [0.1, 0.15) is 245 Å². The number of esters is 2. The number of carboxylic acids is 1. The van der Waals surface area contributed by atoms with E-state index in [2.05, 4.69) is 26.0 Å². The number of unbranched alkanes of at least 4 members (excludes halogenated alkanes) is 30. The lowest BCUT2D eigenvalue weighted by Crippen LogP contribution is -2.50.